The summed E-state index contributed by atoms with van der Waals surface area (Å²) in [4.78, 5) is 34.1. The van der Waals surface area contributed by atoms with Crippen LogP contribution in [0.2, 0.25) is 0 Å². The smallest absolute Gasteiger partial charge is 0.328 e. The number of hydrogen-bond donors (Lipinski definition) is 2. The molecule has 1 fully saturated rings. The van der Waals surface area contributed by atoms with Gasteiger partial charge in [0.1, 0.15) is 10.6 Å². The van der Waals surface area contributed by atoms with E-state index in [1.807, 2.05) is 25.1 Å². The molecule has 0 bridgehead atoms. The number of aliphatic carboxylic acids is 2. The molecule has 1 atom stereocenters. The quantitative estimate of drug-likeness (QED) is 0.508. The molecule has 2 aromatic rings. The van der Waals surface area contributed by atoms with Crippen LogP contribution in [0.15, 0.2) is 59.5 Å². The number of carboxylic acids is 2. The van der Waals surface area contributed by atoms with Gasteiger partial charge in [-0.25, -0.2) is 22.3 Å². The number of carboxylic acid groups (broad SMARTS) is 2. The molecule has 2 aliphatic rings. The Morgan fingerprint density at radius 1 is 1.08 bits per heavy atom. The molecule has 0 aliphatic carbocycles. The van der Waals surface area contributed by atoms with Crippen LogP contribution in [0.25, 0.3) is 0 Å². The topological polar surface area (TPSA) is 151 Å². The number of ether oxygens (including phenoxy) is 2. The lowest BCUT2D eigenvalue weighted by Gasteiger charge is -2.29. The Labute approximate surface area is 214 Å². The molecule has 2 aromatic carbocycles. The highest BCUT2D eigenvalue weighted by molar-refractivity contribution is 7.90. The number of nitrogens with zero attached hydrogens (tertiary/aromatic N) is 2. The number of rotatable bonds is 7. The highest BCUT2D eigenvalue weighted by Crippen LogP contribution is 2.35. The van der Waals surface area contributed by atoms with E-state index in [2.05, 4.69) is 11.0 Å². The SMILES string of the molecule is COc1ccc2c(c1)S(=O)(=O)N(CC(C)c1cccc(N3CCOCC3)c1)C2=O.O=C(O)C=CC(=O)O. The fourth-order valence-electron chi connectivity index (χ4n) is 3.91. The molecule has 1 saturated heterocycles. The third-order valence-corrected chi connectivity index (χ3v) is 7.63. The van der Waals surface area contributed by atoms with Gasteiger partial charge in [0.15, 0.2) is 0 Å². The van der Waals surface area contributed by atoms with Gasteiger partial charge in [0.2, 0.25) is 0 Å². The van der Waals surface area contributed by atoms with E-state index in [-0.39, 0.29) is 22.9 Å². The Kier molecular flexibility index (Phi) is 8.90. The van der Waals surface area contributed by atoms with E-state index in [1.54, 1.807) is 6.07 Å². The van der Waals surface area contributed by atoms with Crippen LogP contribution in [0.1, 0.15) is 28.8 Å². The number of fused-ring (bicyclic) bond motifs is 1. The first-order valence-corrected chi connectivity index (χ1v) is 12.8. The van der Waals surface area contributed by atoms with Crippen molar-refractivity contribution in [3.8, 4) is 5.75 Å². The van der Waals surface area contributed by atoms with Crippen LogP contribution in [0.4, 0.5) is 5.69 Å². The van der Waals surface area contributed by atoms with Crippen molar-refractivity contribution in [2.75, 3.05) is 44.9 Å². The Bertz CT molecular complexity index is 1280. The summed E-state index contributed by atoms with van der Waals surface area (Å²) < 4.78 is 37.4. The van der Waals surface area contributed by atoms with E-state index >= 15 is 0 Å². The highest BCUT2D eigenvalue weighted by Gasteiger charge is 2.42. The molecule has 1 amide bonds. The minimum atomic E-state index is -3.88. The van der Waals surface area contributed by atoms with Crippen molar-refractivity contribution in [2.45, 2.75) is 17.7 Å². The number of sulfonamides is 1. The van der Waals surface area contributed by atoms with Gasteiger partial charge < -0.3 is 24.6 Å². The number of benzene rings is 2. The van der Waals surface area contributed by atoms with Gasteiger partial charge in [-0.3, -0.25) is 4.79 Å². The van der Waals surface area contributed by atoms with E-state index in [4.69, 9.17) is 19.7 Å². The zero-order valence-corrected chi connectivity index (χ0v) is 21.2. The van der Waals surface area contributed by atoms with Crippen LogP contribution in [0, 0.1) is 0 Å². The van der Waals surface area contributed by atoms with E-state index in [0.717, 1.165) is 28.6 Å². The number of carbonyl (C=O) groups is 3. The van der Waals surface area contributed by atoms with Gasteiger partial charge in [0.05, 0.1) is 25.9 Å². The summed E-state index contributed by atoms with van der Waals surface area (Å²) in [7, 11) is -2.42. The predicted octanol–water partition coefficient (Wildman–Crippen LogP) is 2.19. The van der Waals surface area contributed by atoms with Gasteiger partial charge in [0, 0.05) is 43.5 Å². The van der Waals surface area contributed by atoms with E-state index < -0.39 is 27.9 Å². The lowest BCUT2D eigenvalue weighted by Crippen LogP contribution is -2.36. The molecule has 0 spiro atoms. The second-order valence-electron chi connectivity index (χ2n) is 8.31. The monoisotopic (exact) mass is 532 g/mol. The van der Waals surface area contributed by atoms with Gasteiger partial charge >= 0.3 is 11.9 Å². The Balaban J connectivity index is 0.000000414. The van der Waals surface area contributed by atoms with E-state index in [9.17, 15) is 22.8 Å². The molecule has 1 unspecified atom stereocenters. The number of amides is 1. The van der Waals surface area contributed by atoms with Crippen LogP contribution < -0.4 is 9.64 Å². The third-order valence-electron chi connectivity index (χ3n) is 5.84. The maximum absolute atomic E-state index is 13.0. The lowest BCUT2D eigenvalue weighted by molar-refractivity contribution is -0.134. The normalized spacial score (nSPS) is 17.1. The average molecular weight is 533 g/mol. The highest BCUT2D eigenvalue weighted by atomic mass is 32.2. The number of anilines is 1. The molecule has 4 rings (SSSR count). The minimum Gasteiger partial charge on any atom is -0.497 e. The summed E-state index contributed by atoms with van der Waals surface area (Å²) in [6.07, 6.45) is 1.12. The largest absolute Gasteiger partial charge is 0.497 e. The van der Waals surface area contributed by atoms with Gasteiger partial charge in [-0.2, -0.15) is 0 Å². The van der Waals surface area contributed by atoms with Gasteiger partial charge in [-0.1, -0.05) is 19.1 Å². The van der Waals surface area contributed by atoms with Crippen LogP contribution >= 0.6 is 0 Å². The number of methoxy groups -OCH3 is 1. The van der Waals surface area contributed by atoms with E-state index in [0.29, 0.717) is 31.1 Å². The van der Waals surface area contributed by atoms with Crippen LogP contribution in [0.5, 0.6) is 5.75 Å². The van der Waals surface area contributed by atoms with Crippen molar-refractivity contribution in [1.29, 1.82) is 0 Å². The van der Waals surface area contributed by atoms with Gasteiger partial charge in [-0.15, -0.1) is 0 Å². The summed E-state index contributed by atoms with van der Waals surface area (Å²) in [5.41, 5.74) is 2.27. The Hall–Kier alpha value is -3.90. The van der Waals surface area contributed by atoms with Crippen LogP contribution in [-0.2, 0) is 24.3 Å². The van der Waals surface area contributed by atoms with E-state index in [1.165, 1.54) is 19.2 Å². The maximum atomic E-state index is 13.0. The molecule has 11 nitrogen and oxygen atoms in total. The first kappa shape index (κ1) is 27.7. The molecular weight excluding hydrogens is 504 g/mol. The van der Waals surface area contributed by atoms with Crippen molar-refractivity contribution in [3.63, 3.8) is 0 Å². The minimum absolute atomic E-state index is 0.0103. The van der Waals surface area contributed by atoms with Crippen molar-refractivity contribution < 1.29 is 42.5 Å². The fraction of sp³-hybridized carbons (Fsp3) is 0.320. The van der Waals surface area contributed by atoms with Gasteiger partial charge in [0.25, 0.3) is 15.9 Å². The molecule has 2 N–H and O–H groups in total. The van der Waals surface area contributed by atoms with Gasteiger partial charge in [-0.05, 0) is 35.7 Å². The molecule has 2 aliphatic heterocycles. The first-order valence-electron chi connectivity index (χ1n) is 11.4. The third kappa shape index (κ3) is 6.66. The standard InChI is InChI=1S/C21H24N2O5S.C4H4O4/c1-15(16-4-3-5-17(12-16)22-8-10-28-11-9-22)14-23-21(24)19-7-6-18(27-2)13-20(19)29(23,25)26;5-3(6)1-2-4(7)8/h3-7,12-13,15H,8-11,14H2,1-2H3;1-2H,(H,5,6)(H,7,8). The molecule has 0 aromatic heterocycles. The van der Waals surface area contributed by atoms with Crippen LogP contribution in [-0.4, -0.2) is 80.7 Å². The van der Waals surface area contributed by atoms with Crippen molar-refractivity contribution in [2.24, 2.45) is 0 Å². The summed E-state index contributed by atoms with van der Waals surface area (Å²) in [6.45, 7) is 5.07. The number of morpholine rings is 1. The summed E-state index contributed by atoms with van der Waals surface area (Å²) in [6, 6.07) is 12.6. The second kappa shape index (κ2) is 11.9. The fourth-order valence-corrected chi connectivity index (χ4v) is 5.58. The molecule has 198 valence electrons. The molecule has 37 heavy (non-hydrogen) atoms. The molecule has 0 radical (unpaired) electrons. The van der Waals surface area contributed by atoms with Crippen molar-refractivity contribution >= 4 is 33.6 Å². The molecular formula is C25H28N2O9S. The molecule has 2 heterocycles. The summed E-state index contributed by atoms with van der Waals surface area (Å²) in [5.74, 6) is -2.74. The first-order chi connectivity index (χ1) is 17.5. The lowest BCUT2D eigenvalue weighted by atomic mass is 10.00. The summed E-state index contributed by atoms with van der Waals surface area (Å²) in [5, 5.41) is 15.6. The maximum Gasteiger partial charge on any atom is 0.328 e. The van der Waals surface area contributed by atoms with Crippen molar-refractivity contribution in [3.05, 3.63) is 65.7 Å². The number of carbonyl (C=O) groups excluding carboxylic acids is 1. The zero-order chi connectivity index (χ0) is 27.2. The summed E-state index contributed by atoms with van der Waals surface area (Å²) >= 11 is 0. The zero-order valence-electron chi connectivity index (χ0n) is 20.4. The molecule has 0 saturated carbocycles. The van der Waals surface area contributed by atoms with Crippen molar-refractivity contribution in [1.82, 2.24) is 4.31 Å². The predicted molar refractivity (Wildman–Crippen MR) is 134 cm³/mol. The second-order valence-corrected chi connectivity index (χ2v) is 10.1. The Morgan fingerprint density at radius 2 is 1.73 bits per heavy atom. The van der Waals surface area contributed by atoms with Crippen LogP contribution in [0.3, 0.4) is 0 Å². The molecule has 12 heteroatoms. The average Bonchev–Trinajstić information content (AvgIpc) is 3.08. The Morgan fingerprint density at radius 3 is 2.32 bits per heavy atom. The number of hydrogen-bond acceptors (Lipinski definition) is 8.